The van der Waals surface area contributed by atoms with Crippen LogP contribution >= 0.6 is 7.82 Å². The molecule has 1 atom stereocenters. The molecule has 3 rings (SSSR count). The third kappa shape index (κ3) is 5.64. The molecule has 0 fully saturated rings. The summed E-state index contributed by atoms with van der Waals surface area (Å²) in [5.74, 6) is -0.772. The minimum absolute atomic E-state index is 0.0238. The molecule has 9 nitrogen and oxygen atoms in total. The molecule has 156 valence electrons. The fraction of sp³-hybridized carbons (Fsp3) is 0.150. The first-order valence-electron chi connectivity index (χ1n) is 8.85. The number of para-hydroxylation sites is 1. The number of benzene rings is 2. The van der Waals surface area contributed by atoms with E-state index < -0.39 is 19.7 Å². The molecule has 1 heterocycles. The molecule has 2 aromatic carbocycles. The van der Waals surface area contributed by atoms with Gasteiger partial charge in [0, 0.05) is 17.3 Å². The molecule has 0 saturated carbocycles. The van der Waals surface area contributed by atoms with Crippen LogP contribution in [-0.4, -0.2) is 30.8 Å². The minimum Gasteiger partial charge on any atom is -0.487 e. The van der Waals surface area contributed by atoms with Gasteiger partial charge in [0.15, 0.2) is 5.82 Å². The molecule has 0 bridgehead atoms. The Labute approximate surface area is 172 Å². The number of phosphoric acid groups is 1. The Morgan fingerprint density at radius 3 is 2.47 bits per heavy atom. The number of ether oxygens (including phenoxy) is 1. The van der Waals surface area contributed by atoms with Crippen LogP contribution in [0.1, 0.15) is 24.1 Å². The highest BCUT2D eigenvalue weighted by molar-refractivity contribution is 7.46. The van der Waals surface area contributed by atoms with Crippen LogP contribution in [0.15, 0.2) is 60.8 Å². The Kier molecular flexibility index (Phi) is 6.47. The number of hydrogen-bond acceptors (Lipinski definition) is 6. The van der Waals surface area contributed by atoms with E-state index in [1.165, 1.54) is 12.1 Å². The van der Waals surface area contributed by atoms with Crippen LogP contribution in [-0.2, 0) is 16.0 Å². The Balaban J connectivity index is 1.74. The summed E-state index contributed by atoms with van der Waals surface area (Å²) in [4.78, 5) is 37.6. The SMILES string of the molecule is CC(C(=O)O)c1ccccc1OCc1ccnc(-c2ccc(OP(=O)(O)O)cc2)n1. The van der Waals surface area contributed by atoms with E-state index in [0.29, 0.717) is 28.4 Å². The van der Waals surface area contributed by atoms with Gasteiger partial charge in [-0.05, 0) is 43.3 Å². The van der Waals surface area contributed by atoms with Gasteiger partial charge >= 0.3 is 13.8 Å². The molecule has 3 N–H and O–H groups in total. The van der Waals surface area contributed by atoms with E-state index in [-0.39, 0.29) is 12.4 Å². The van der Waals surface area contributed by atoms with Crippen molar-refractivity contribution < 1.29 is 33.5 Å². The summed E-state index contributed by atoms with van der Waals surface area (Å²) in [5.41, 5.74) is 1.77. The lowest BCUT2D eigenvalue weighted by molar-refractivity contribution is -0.138. The number of carboxylic acids is 1. The van der Waals surface area contributed by atoms with Gasteiger partial charge in [-0.2, -0.15) is 0 Å². The van der Waals surface area contributed by atoms with Crippen molar-refractivity contribution >= 4 is 13.8 Å². The van der Waals surface area contributed by atoms with Crippen molar-refractivity contribution in [1.82, 2.24) is 9.97 Å². The first-order valence-corrected chi connectivity index (χ1v) is 10.4. The summed E-state index contributed by atoms with van der Waals surface area (Å²) in [7, 11) is -4.62. The largest absolute Gasteiger partial charge is 0.524 e. The molecular weight excluding hydrogens is 411 g/mol. The minimum atomic E-state index is -4.62. The number of rotatable bonds is 8. The van der Waals surface area contributed by atoms with Crippen molar-refractivity contribution in [2.45, 2.75) is 19.4 Å². The van der Waals surface area contributed by atoms with Crippen molar-refractivity contribution in [2.75, 3.05) is 0 Å². The standard InChI is InChI=1S/C20H19N2O7P/c1-13(20(23)24)17-4-2-3-5-18(17)28-12-15-10-11-21-19(22-15)14-6-8-16(9-7-14)29-30(25,26)27/h2-11,13H,12H2,1H3,(H,23,24)(H2,25,26,27). The van der Waals surface area contributed by atoms with Crippen molar-refractivity contribution in [3.05, 3.63) is 72.1 Å². The molecule has 0 spiro atoms. The van der Waals surface area contributed by atoms with Crippen LogP contribution in [0.2, 0.25) is 0 Å². The maximum atomic E-state index is 11.3. The number of carbonyl (C=O) groups is 1. The summed E-state index contributed by atoms with van der Waals surface area (Å²) in [5, 5.41) is 9.26. The quantitative estimate of drug-likeness (QED) is 0.459. The molecule has 0 radical (unpaired) electrons. The van der Waals surface area contributed by atoms with Crippen molar-refractivity contribution in [1.29, 1.82) is 0 Å². The number of phosphoric ester groups is 1. The Bertz CT molecular complexity index is 1080. The van der Waals surface area contributed by atoms with Crippen LogP contribution in [0.3, 0.4) is 0 Å². The number of aliphatic carboxylic acids is 1. The van der Waals surface area contributed by atoms with E-state index in [9.17, 15) is 14.5 Å². The molecule has 3 aromatic rings. The monoisotopic (exact) mass is 430 g/mol. The lowest BCUT2D eigenvalue weighted by Crippen LogP contribution is -2.10. The fourth-order valence-corrected chi connectivity index (χ4v) is 3.07. The van der Waals surface area contributed by atoms with Gasteiger partial charge in [-0.3, -0.25) is 14.6 Å². The Hall–Kier alpha value is -3.26. The van der Waals surface area contributed by atoms with Gasteiger partial charge in [0.25, 0.3) is 0 Å². The van der Waals surface area contributed by atoms with E-state index in [2.05, 4.69) is 14.5 Å². The molecule has 1 unspecified atom stereocenters. The van der Waals surface area contributed by atoms with Gasteiger partial charge in [0.1, 0.15) is 18.1 Å². The normalized spacial score (nSPS) is 12.2. The fourth-order valence-electron chi connectivity index (χ4n) is 2.67. The summed E-state index contributed by atoms with van der Waals surface area (Å²) < 4.78 is 21.2. The first kappa shape index (κ1) is 21.4. The van der Waals surface area contributed by atoms with E-state index in [0.717, 1.165) is 0 Å². The summed E-state index contributed by atoms with van der Waals surface area (Å²) in [6.07, 6.45) is 1.56. The molecule has 0 aliphatic carbocycles. The van der Waals surface area contributed by atoms with E-state index in [4.69, 9.17) is 14.5 Å². The number of carboxylic acid groups (broad SMARTS) is 1. The molecule has 0 saturated heterocycles. The zero-order chi connectivity index (χ0) is 21.7. The zero-order valence-electron chi connectivity index (χ0n) is 15.9. The predicted molar refractivity (Wildman–Crippen MR) is 107 cm³/mol. The maximum Gasteiger partial charge on any atom is 0.524 e. The zero-order valence-corrected chi connectivity index (χ0v) is 16.8. The molecule has 0 aliphatic rings. The summed E-state index contributed by atoms with van der Waals surface area (Å²) in [6.45, 7) is 1.70. The average molecular weight is 430 g/mol. The molecule has 0 amide bonds. The van der Waals surface area contributed by atoms with E-state index in [1.54, 1.807) is 55.6 Å². The Morgan fingerprint density at radius 1 is 1.10 bits per heavy atom. The second-order valence-corrected chi connectivity index (χ2v) is 7.53. The highest BCUT2D eigenvalue weighted by atomic mass is 31.2. The van der Waals surface area contributed by atoms with E-state index >= 15 is 0 Å². The predicted octanol–water partition coefficient (Wildman–Crippen LogP) is 3.38. The van der Waals surface area contributed by atoms with Gasteiger partial charge in [-0.25, -0.2) is 14.5 Å². The van der Waals surface area contributed by atoms with Gasteiger partial charge < -0.3 is 14.4 Å². The van der Waals surface area contributed by atoms with E-state index in [1.807, 2.05) is 0 Å². The second kappa shape index (κ2) is 9.04. The number of nitrogens with zero attached hydrogens (tertiary/aromatic N) is 2. The van der Waals surface area contributed by atoms with Crippen molar-refractivity contribution in [3.8, 4) is 22.9 Å². The van der Waals surface area contributed by atoms with Crippen LogP contribution in [0.5, 0.6) is 11.5 Å². The highest BCUT2D eigenvalue weighted by Crippen LogP contribution is 2.37. The molecule has 10 heteroatoms. The highest BCUT2D eigenvalue weighted by Gasteiger charge is 2.18. The van der Waals surface area contributed by atoms with Gasteiger partial charge in [0.05, 0.1) is 11.6 Å². The Morgan fingerprint density at radius 2 is 1.80 bits per heavy atom. The van der Waals surface area contributed by atoms with Gasteiger partial charge in [-0.1, -0.05) is 18.2 Å². The number of aromatic nitrogens is 2. The van der Waals surface area contributed by atoms with Crippen molar-refractivity contribution in [3.63, 3.8) is 0 Å². The third-order valence-corrected chi connectivity index (χ3v) is 4.63. The summed E-state index contributed by atoms with van der Waals surface area (Å²) in [6, 6.07) is 14.6. The number of hydrogen-bond donors (Lipinski definition) is 3. The van der Waals surface area contributed by atoms with Crippen LogP contribution in [0.4, 0.5) is 0 Å². The van der Waals surface area contributed by atoms with Crippen LogP contribution in [0.25, 0.3) is 11.4 Å². The molecule has 1 aromatic heterocycles. The van der Waals surface area contributed by atoms with Gasteiger partial charge in [-0.15, -0.1) is 0 Å². The topological polar surface area (TPSA) is 139 Å². The molecular formula is C20H19N2O7P. The van der Waals surface area contributed by atoms with Crippen LogP contribution < -0.4 is 9.26 Å². The van der Waals surface area contributed by atoms with Gasteiger partial charge in [0.2, 0.25) is 0 Å². The average Bonchev–Trinajstić information content (AvgIpc) is 2.71. The molecule has 30 heavy (non-hydrogen) atoms. The lowest BCUT2D eigenvalue weighted by Gasteiger charge is -2.14. The summed E-state index contributed by atoms with van der Waals surface area (Å²) >= 11 is 0. The lowest BCUT2D eigenvalue weighted by atomic mass is 10.0. The maximum absolute atomic E-state index is 11.3. The van der Waals surface area contributed by atoms with Crippen molar-refractivity contribution in [2.24, 2.45) is 0 Å². The van der Waals surface area contributed by atoms with Crippen LogP contribution in [0, 0.1) is 0 Å². The second-order valence-electron chi connectivity index (χ2n) is 6.36. The smallest absolute Gasteiger partial charge is 0.487 e. The molecule has 0 aliphatic heterocycles. The first-order chi connectivity index (χ1) is 14.2. The third-order valence-electron chi connectivity index (χ3n) is 4.18.